The molecule has 0 bridgehead atoms. The molecule has 0 aliphatic rings. The number of aryl methyl sites for hydroxylation is 1. The van der Waals surface area contributed by atoms with Crippen LogP contribution in [0.2, 0.25) is 0 Å². The summed E-state index contributed by atoms with van der Waals surface area (Å²) in [6, 6.07) is 9.43. The monoisotopic (exact) mass is 245 g/mol. The number of aromatic nitrogens is 1. The smallest absolute Gasteiger partial charge is 0.238 e. The Balaban J connectivity index is 1.77. The van der Waals surface area contributed by atoms with Crippen LogP contribution < -0.4 is 10.6 Å². The molecule has 1 amide bonds. The van der Waals surface area contributed by atoms with Crippen LogP contribution in [-0.2, 0) is 11.3 Å². The molecule has 5 heteroatoms. The summed E-state index contributed by atoms with van der Waals surface area (Å²) in [5, 5.41) is 9.58. The van der Waals surface area contributed by atoms with Crippen LogP contribution in [0.5, 0.6) is 0 Å². The fourth-order valence-corrected chi connectivity index (χ4v) is 1.54. The highest BCUT2D eigenvalue weighted by molar-refractivity contribution is 5.92. The van der Waals surface area contributed by atoms with E-state index in [1.165, 1.54) is 6.26 Å². The molecule has 0 aliphatic carbocycles. The Morgan fingerprint density at radius 3 is 2.89 bits per heavy atom. The highest BCUT2D eigenvalue weighted by atomic mass is 16.5. The van der Waals surface area contributed by atoms with Crippen LogP contribution in [0.3, 0.4) is 0 Å². The molecule has 1 aromatic carbocycles. The van der Waals surface area contributed by atoms with E-state index < -0.39 is 0 Å². The van der Waals surface area contributed by atoms with Gasteiger partial charge in [-0.25, -0.2) is 0 Å². The normalized spacial score (nSPS) is 10.3. The van der Waals surface area contributed by atoms with Crippen LogP contribution in [0.1, 0.15) is 11.3 Å². The Kier molecular flexibility index (Phi) is 4.09. The van der Waals surface area contributed by atoms with Crippen molar-refractivity contribution >= 4 is 11.6 Å². The van der Waals surface area contributed by atoms with Gasteiger partial charge in [0, 0.05) is 18.3 Å². The van der Waals surface area contributed by atoms with E-state index in [9.17, 15) is 4.79 Å². The molecule has 0 unspecified atom stereocenters. The Hall–Kier alpha value is -2.14. The average molecular weight is 245 g/mol. The third-order valence-corrected chi connectivity index (χ3v) is 2.50. The van der Waals surface area contributed by atoms with E-state index in [0.717, 1.165) is 16.9 Å². The van der Waals surface area contributed by atoms with Gasteiger partial charge in [-0.3, -0.25) is 4.79 Å². The van der Waals surface area contributed by atoms with Crippen molar-refractivity contribution in [1.29, 1.82) is 0 Å². The molecule has 2 N–H and O–H groups in total. The molecule has 18 heavy (non-hydrogen) atoms. The summed E-state index contributed by atoms with van der Waals surface area (Å²) >= 11 is 0. The second kappa shape index (κ2) is 5.97. The molecular formula is C13H15N3O2. The van der Waals surface area contributed by atoms with Gasteiger partial charge in [0.1, 0.15) is 6.26 Å². The first-order valence-corrected chi connectivity index (χ1v) is 5.71. The summed E-state index contributed by atoms with van der Waals surface area (Å²) in [6.07, 6.45) is 1.50. The maximum absolute atomic E-state index is 11.7. The molecule has 0 atom stereocenters. The third kappa shape index (κ3) is 3.43. The minimum Gasteiger partial charge on any atom is -0.364 e. The number of anilines is 1. The van der Waals surface area contributed by atoms with E-state index in [1.807, 2.05) is 31.2 Å². The topological polar surface area (TPSA) is 67.2 Å². The second-order valence-corrected chi connectivity index (χ2v) is 3.96. The summed E-state index contributed by atoms with van der Waals surface area (Å²) < 4.78 is 4.69. The standard InChI is InChI=1S/C13H15N3O2/c1-10-4-2-3-5-12(10)15-13(17)9-14-8-11-6-7-18-16-11/h2-7,14H,8-9H2,1H3,(H,15,17). The van der Waals surface area contributed by atoms with Crippen molar-refractivity contribution in [2.75, 3.05) is 11.9 Å². The zero-order valence-corrected chi connectivity index (χ0v) is 10.1. The number of benzene rings is 1. The largest absolute Gasteiger partial charge is 0.364 e. The highest BCUT2D eigenvalue weighted by Gasteiger charge is 2.04. The summed E-state index contributed by atoms with van der Waals surface area (Å²) in [4.78, 5) is 11.7. The molecule has 0 spiro atoms. The molecule has 0 radical (unpaired) electrons. The molecule has 94 valence electrons. The van der Waals surface area contributed by atoms with Crippen LogP contribution in [0, 0.1) is 6.92 Å². The van der Waals surface area contributed by atoms with E-state index >= 15 is 0 Å². The average Bonchev–Trinajstić information content (AvgIpc) is 2.85. The number of nitrogens with zero attached hydrogens (tertiary/aromatic N) is 1. The number of amides is 1. The lowest BCUT2D eigenvalue weighted by Gasteiger charge is -2.08. The van der Waals surface area contributed by atoms with Gasteiger partial charge < -0.3 is 15.2 Å². The van der Waals surface area contributed by atoms with Crippen molar-refractivity contribution in [2.24, 2.45) is 0 Å². The van der Waals surface area contributed by atoms with Crippen LogP contribution in [-0.4, -0.2) is 17.6 Å². The SMILES string of the molecule is Cc1ccccc1NC(=O)CNCc1ccon1. The molecule has 2 aromatic rings. The van der Waals surface area contributed by atoms with E-state index in [0.29, 0.717) is 6.54 Å². The highest BCUT2D eigenvalue weighted by Crippen LogP contribution is 2.12. The van der Waals surface area contributed by atoms with Gasteiger partial charge in [-0.1, -0.05) is 23.4 Å². The van der Waals surface area contributed by atoms with Crippen molar-refractivity contribution in [3.05, 3.63) is 47.9 Å². The van der Waals surface area contributed by atoms with Gasteiger partial charge in [0.05, 0.1) is 12.2 Å². The molecule has 1 heterocycles. The van der Waals surface area contributed by atoms with E-state index in [2.05, 4.69) is 15.8 Å². The maximum Gasteiger partial charge on any atom is 0.238 e. The Morgan fingerprint density at radius 1 is 1.33 bits per heavy atom. The van der Waals surface area contributed by atoms with Crippen LogP contribution in [0.15, 0.2) is 41.1 Å². The molecule has 5 nitrogen and oxygen atoms in total. The van der Waals surface area contributed by atoms with Crippen molar-refractivity contribution in [2.45, 2.75) is 13.5 Å². The molecule has 0 aliphatic heterocycles. The number of para-hydroxylation sites is 1. The van der Waals surface area contributed by atoms with Gasteiger partial charge in [0.25, 0.3) is 0 Å². The number of hydrogen-bond donors (Lipinski definition) is 2. The first-order chi connectivity index (χ1) is 8.75. The first kappa shape index (κ1) is 12.3. The third-order valence-electron chi connectivity index (χ3n) is 2.50. The van der Waals surface area contributed by atoms with Crippen LogP contribution >= 0.6 is 0 Å². The zero-order valence-electron chi connectivity index (χ0n) is 10.1. The Labute approximate surface area is 105 Å². The molecule has 0 saturated carbocycles. The summed E-state index contributed by atoms with van der Waals surface area (Å²) in [6.45, 7) is 2.71. The maximum atomic E-state index is 11.7. The molecule has 2 rings (SSSR count). The van der Waals surface area contributed by atoms with Gasteiger partial charge in [-0.2, -0.15) is 0 Å². The van der Waals surface area contributed by atoms with Crippen LogP contribution in [0.25, 0.3) is 0 Å². The molecule has 0 fully saturated rings. The van der Waals surface area contributed by atoms with E-state index in [4.69, 9.17) is 4.52 Å². The minimum absolute atomic E-state index is 0.0761. The number of carbonyl (C=O) groups excluding carboxylic acids is 1. The molecule has 1 aromatic heterocycles. The van der Waals surface area contributed by atoms with E-state index in [-0.39, 0.29) is 12.5 Å². The van der Waals surface area contributed by atoms with Crippen molar-refractivity contribution < 1.29 is 9.32 Å². The molecular weight excluding hydrogens is 230 g/mol. The fourth-order valence-electron chi connectivity index (χ4n) is 1.54. The van der Waals surface area contributed by atoms with Gasteiger partial charge in [0.2, 0.25) is 5.91 Å². The van der Waals surface area contributed by atoms with Gasteiger partial charge in [0.15, 0.2) is 0 Å². The summed E-state index contributed by atoms with van der Waals surface area (Å²) in [5.41, 5.74) is 2.66. The minimum atomic E-state index is -0.0761. The van der Waals surface area contributed by atoms with Crippen molar-refractivity contribution in [3.8, 4) is 0 Å². The Bertz CT molecular complexity index is 509. The first-order valence-electron chi connectivity index (χ1n) is 5.71. The molecule has 0 saturated heterocycles. The summed E-state index contributed by atoms with van der Waals surface area (Å²) in [7, 11) is 0. The lowest BCUT2D eigenvalue weighted by Crippen LogP contribution is -2.28. The predicted octanol–water partition coefficient (Wildman–Crippen LogP) is 1.71. The number of carbonyl (C=O) groups is 1. The zero-order chi connectivity index (χ0) is 12.8. The fraction of sp³-hybridized carbons (Fsp3) is 0.231. The predicted molar refractivity (Wildman–Crippen MR) is 68.0 cm³/mol. The second-order valence-electron chi connectivity index (χ2n) is 3.96. The van der Waals surface area contributed by atoms with Gasteiger partial charge in [-0.15, -0.1) is 0 Å². The lowest BCUT2D eigenvalue weighted by atomic mass is 10.2. The van der Waals surface area contributed by atoms with Gasteiger partial charge >= 0.3 is 0 Å². The van der Waals surface area contributed by atoms with Gasteiger partial charge in [-0.05, 0) is 18.6 Å². The number of nitrogens with one attached hydrogen (secondary N) is 2. The number of rotatable bonds is 5. The lowest BCUT2D eigenvalue weighted by molar-refractivity contribution is -0.115. The summed E-state index contributed by atoms with van der Waals surface area (Å²) in [5.74, 6) is -0.0761. The number of hydrogen-bond acceptors (Lipinski definition) is 4. The van der Waals surface area contributed by atoms with Crippen molar-refractivity contribution in [3.63, 3.8) is 0 Å². The van der Waals surface area contributed by atoms with E-state index in [1.54, 1.807) is 6.07 Å². The Morgan fingerprint density at radius 2 is 2.17 bits per heavy atom. The van der Waals surface area contributed by atoms with Crippen LogP contribution in [0.4, 0.5) is 5.69 Å². The van der Waals surface area contributed by atoms with Crippen molar-refractivity contribution in [1.82, 2.24) is 10.5 Å². The quantitative estimate of drug-likeness (QED) is 0.841.